The van der Waals surface area contributed by atoms with Gasteiger partial charge in [-0.3, -0.25) is 15.0 Å². The van der Waals surface area contributed by atoms with Crippen molar-refractivity contribution in [3.05, 3.63) is 99.2 Å². The normalized spacial score (nSPS) is 10.8. The highest BCUT2D eigenvalue weighted by atomic mass is 32.1. The van der Waals surface area contributed by atoms with E-state index in [4.69, 9.17) is 11.1 Å². The smallest absolute Gasteiger partial charge is 0.336 e. The molecule has 0 fully saturated rings. The van der Waals surface area contributed by atoms with Gasteiger partial charge in [-0.25, -0.2) is 4.79 Å². The summed E-state index contributed by atoms with van der Waals surface area (Å²) >= 11 is 1.39. The number of hydrogen-bond donors (Lipinski definition) is 6. The molecule has 0 bridgehead atoms. The van der Waals surface area contributed by atoms with Gasteiger partial charge in [-0.05, 0) is 82.1 Å². The standard InChI is InChI=1S/C31H30N4O5S/c1-17(2)15-34-29(37)20-6-10-24(26(14-20)31(39)40)23-9-5-19(22-11-12-41-27(22)16-36)13-25(23)30(38)35-21-7-3-18(4-8-21)28(32)33/h3-14,17,36H,15-16H2,1-2H3,(H3,32,33)(H,34,37)(H,35,38)(H,39,40). The average molecular weight is 571 g/mol. The Balaban J connectivity index is 1.81. The molecule has 2 amide bonds. The van der Waals surface area contributed by atoms with E-state index >= 15 is 0 Å². The summed E-state index contributed by atoms with van der Waals surface area (Å²) in [7, 11) is 0. The number of hydrogen-bond acceptors (Lipinski definition) is 6. The number of aromatic carboxylic acids is 1. The summed E-state index contributed by atoms with van der Waals surface area (Å²) in [6, 6.07) is 17.8. The number of amidine groups is 1. The molecular formula is C31H30N4O5S. The van der Waals surface area contributed by atoms with E-state index in [0.717, 1.165) is 10.4 Å². The van der Waals surface area contributed by atoms with Gasteiger partial charge in [0.05, 0.1) is 12.2 Å². The lowest BCUT2D eigenvalue weighted by molar-refractivity contribution is 0.0697. The molecule has 4 rings (SSSR count). The number of aliphatic hydroxyl groups is 1. The highest BCUT2D eigenvalue weighted by molar-refractivity contribution is 7.10. The molecule has 0 atom stereocenters. The summed E-state index contributed by atoms with van der Waals surface area (Å²) in [6.07, 6.45) is 0. The molecule has 0 aliphatic rings. The van der Waals surface area contributed by atoms with Gasteiger partial charge in [0.2, 0.25) is 0 Å². The highest BCUT2D eigenvalue weighted by Crippen LogP contribution is 2.35. The van der Waals surface area contributed by atoms with Crippen LogP contribution in [0.5, 0.6) is 0 Å². The predicted octanol–water partition coefficient (Wildman–Crippen LogP) is 5.19. The second-order valence-corrected chi connectivity index (χ2v) is 10.8. The second kappa shape index (κ2) is 12.6. The first kappa shape index (κ1) is 29.2. The van der Waals surface area contributed by atoms with Crippen molar-refractivity contribution < 1.29 is 24.6 Å². The maximum absolute atomic E-state index is 13.7. The summed E-state index contributed by atoms with van der Waals surface area (Å²) in [5, 5.41) is 34.9. The first-order chi connectivity index (χ1) is 19.6. The topological polar surface area (TPSA) is 166 Å². The molecule has 1 heterocycles. The molecule has 0 aliphatic carbocycles. The number of thiophene rings is 1. The van der Waals surface area contributed by atoms with Gasteiger partial charge in [0.1, 0.15) is 5.84 Å². The van der Waals surface area contributed by atoms with E-state index in [0.29, 0.717) is 28.9 Å². The summed E-state index contributed by atoms with van der Waals surface area (Å²) in [5.74, 6) is -1.99. The summed E-state index contributed by atoms with van der Waals surface area (Å²) < 4.78 is 0. The van der Waals surface area contributed by atoms with Crippen LogP contribution in [-0.4, -0.2) is 40.4 Å². The molecular weight excluding hydrogens is 540 g/mol. The predicted molar refractivity (Wildman–Crippen MR) is 161 cm³/mol. The Hall–Kier alpha value is -4.80. The first-order valence-electron chi connectivity index (χ1n) is 12.8. The Bertz CT molecular complexity index is 1630. The number of carboxylic acid groups (broad SMARTS) is 1. The molecule has 0 unspecified atom stereocenters. The minimum atomic E-state index is -1.24. The number of carbonyl (C=O) groups is 3. The third-order valence-corrected chi connectivity index (χ3v) is 7.30. The summed E-state index contributed by atoms with van der Waals surface area (Å²) in [6.45, 7) is 4.20. The van der Waals surface area contributed by atoms with E-state index < -0.39 is 11.9 Å². The van der Waals surface area contributed by atoms with Crippen LogP contribution < -0.4 is 16.4 Å². The van der Waals surface area contributed by atoms with Crippen LogP contribution in [0.4, 0.5) is 5.69 Å². The molecule has 0 aliphatic heterocycles. The number of carboxylic acids is 1. The zero-order valence-corrected chi connectivity index (χ0v) is 23.3. The van der Waals surface area contributed by atoms with E-state index in [9.17, 15) is 24.6 Å². The number of carbonyl (C=O) groups excluding carboxylic acids is 2. The molecule has 4 aromatic rings. The molecule has 0 spiro atoms. The molecule has 0 radical (unpaired) electrons. The molecule has 0 saturated carbocycles. The maximum Gasteiger partial charge on any atom is 0.336 e. The fourth-order valence-corrected chi connectivity index (χ4v) is 5.04. The Morgan fingerprint density at radius 2 is 1.54 bits per heavy atom. The van der Waals surface area contributed by atoms with Crippen molar-refractivity contribution in [1.82, 2.24) is 5.32 Å². The monoisotopic (exact) mass is 570 g/mol. The number of rotatable bonds is 10. The molecule has 7 N–H and O–H groups in total. The molecule has 1 aromatic heterocycles. The minimum absolute atomic E-state index is 0.101. The quantitative estimate of drug-likeness (QED) is 0.113. The Morgan fingerprint density at radius 1 is 0.878 bits per heavy atom. The fourth-order valence-electron chi connectivity index (χ4n) is 4.28. The van der Waals surface area contributed by atoms with E-state index in [1.807, 2.05) is 25.3 Å². The van der Waals surface area contributed by atoms with Crippen LogP contribution in [0.1, 0.15) is 55.4 Å². The third kappa shape index (κ3) is 6.68. The first-order valence-corrected chi connectivity index (χ1v) is 13.7. The van der Waals surface area contributed by atoms with Gasteiger partial charge in [-0.1, -0.05) is 32.0 Å². The highest BCUT2D eigenvalue weighted by Gasteiger charge is 2.22. The van der Waals surface area contributed by atoms with Crippen LogP contribution in [0, 0.1) is 11.3 Å². The van der Waals surface area contributed by atoms with Crippen LogP contribution in [0.25, 0.3) is 22.3 Å². The average Bonchev–Trinajstić information content (AvgIpc) is 3.44. The minimum Gasteiger partial charge on any atom is -0.478 e. The Morgan fingerprint density at radius 3 is 2.17 bits per heavy atom. The van der Waals surface area contributed by atoms with E-state index in [1.165, 1.54) is 29.5 Å². The van der Waals surface area contributed by atoms with Crippen molar-refractivity contribution in [2.45, 2.75) is 20.5 Å². The van der Waals surface area contributed by atoms with Crippen molar-refractivity contribution in [1.29, 1.82) is 5.41 Å². The Labute approximate surface area is 241 Å². The van der Waals surface area contributed by atoms with Crippen LogP contribution in [0.2, 0.25) is 0 Å². The molecule has 210 valence electrons. The van der Waals surface area contributed by atoms with Gasteiger partial charge in [0.15, 0.2) is 0 Å². The van der Waals surface area contributed by atoms with Crippen molar-refractivity contribution in [3.8, 4) is 22.3 Å². The number of anilines is 1. The number of nitrogen functional groups attached to an aromatic ring is 1. The molecule has 9 nitrogen and oxygen atoms in total. The third-order valence-electron chi connectivity index (χ3n) is 6.39. The number of nitrogens with one attached hydrogen (secondary N) is 3. The van der Waals surface area contributed by atoms with Crippen LogP contribution in [-0.2, 0) is 6.61 Å². The number of aliphatic hydroxyl groups excluding tert-OH is 1. The molecule has 0 saturated heterocycles. The van der Waals surface area contributed by atoms with Crippen molar-refractivity contribution in [3.63, 3.8) is 0 Å². The van der Waals surface area contributed by atoms with Gasteiger partial charge in [0.25, 0.3) is 11.8 Å². The van der Waals surface area contributed by atoms with Crippen LogP contribution >= 0.6 is 11.3 Å². The van der Waals surface area contributed by atoms with Crippen molar-refractivity contribution in [2.24, 2.45) is 11.7 Å². The van der Waals surface area contributed by atoms with Gasteiger partial charge in [-0.15, -0.1) is 11.3 Å². The lowest BCUT2D eigenvalue weighted by Gasteiger charge is -2.16. The van der Waals surface area contributed by atoms with Gasteiger partial charge >= 0.3 is 5.97 Å². The summed E-state index contributed by atoms with van der Waals surface area (Å²) in [5.41, 5.74) is 8.84. The lowest BCUT2D eigenvalue weighted by atomic mass is 9.91. The van der Waals surface area contributed by atoms with Crippen LogP contribution in [0.15, 0.2) is 72.1 Å². The van der Waals surface area contributed by atoms with Crippen molar-refractivity contribution >= 4 is 40.6 Å². The van der Waals surface area contributed by atoms with Gasteiger partial charge < -0.3 is 26.6 Å². The molecule has 41 heavy (non-hydrogen) atoms. The van der Waals surface area contributed by atoms with Crippen LogP contribution in [0.3, 0.4) is 0 Å². The molecule has 10 heteroatoms. The SMILES string of the molecule is CC(C)CNC(=O)c1ccc(-c2ccc(-c3ccsc3CO)cc2C(=O)Nc2ccc(C(=N)N)cc2)c(C(=O)O)c1. The Kier molecular flexibility index (Phi) is 8.96. The van der Waals surface area contributed by atoms with Gasteiger partial charge in [0, 0.05) is 33.8 Å². The van der Waals surface area contributed by atoms with Gasteiger partial charge in [-0.2, -0.15) is 0 Å². The van der Waals surface area contributed by atoms with E-state index in [1.54, 1.807) is 42.5 Å². The molecule has 3 aromatic carbocycles. The number of benzene rings is 3. The zero-order chi connectivity index (χ0) is 29.7. The second-order valence-electron chi connectivity index (χ2n) is 9.79. The maximum atomic E-state index is 13.7. The largest absolute Gasteiger partial charge is 0.478 e. The lowest BCUT2D eigenvalue weighted by Crippen LogP contribution is -2.27. The van der Waals surface area contributed by atoms with E-state index in [-0.39, 0.29) is 46.5 Å². The zero-order valence-electron chi connectivity index (χ0n) is 22.5. The summed E-state index contributed by atoms with van der Waals surface area (Å²) in [4.78, 5) is 39.4. The fraction of sp³-hybridized carbons (Fsp3) is 0.161. The van der Waals surface area contributed by atoms with E-state index in [2.05, 4.69) is 10.6 Å². The van der Waals surface area contributed by atoms with Crippen molar-refractivity contribution in [2.75, 3.05) is 11.9 Å². The number of nitrogens with two attached hydrogens (primary N) is 1. The number of amides is 2.